The van der Waals surface area contributed by atoms with E-state index in [-0.39, 0.29) is 19.2 Å². The molecule has 0 aliphatic rings. The van der Waals surface area contributed by atoms with Crippen molar-refractivity contribution in [2.45, 2.75) is 25.7 Å². The van der Waals surface area contributed by atoms with E-state index in [1.54, 1.807) is 42.7 Å². The number of hydrogen-bond acceptors (Lipinski definition) is 7. The summed E-state index contributed by atoms with van der Waals surface area (Å²) in [5.74, 6) is -1.37. The van der Waals surface area contributed by atoms with E-state index in [4.69, 9.17) is 14.2 Å². The molecule has 0 atom stereocenters. The second kappa shape index (κ2) is 9.82. The number of carbonyl (C=O) groups excluding carboxylic acids is 3. The zero-order valence-corrected chi connectivity index (χ0v) is 16.2. The van der Waals surface area contributed by atoms with Crippen molar-refractivity contribution in [2.75, 3.05) is 19.2 Å². The zero-order chi connectivity index (χ0) is 19.8. The van der Waals surface area contributed by atoms with Crippen LogP contribution in [0.15, 0.2) is 35.4 Å². The molecule has 7 nitrogen and oxygen atoms in total. The largest absolute Gasteiger partial charge is 0.463 e. The van der Waals surface area contributed by atoms with E-state index in [2.05, 4.69) is 0 Å². The van der Waals surface area contributed by atoms with Crippen LogP contribution in [-0.4, -0.2) is 41.5 Å². The molecule has 0 spiro atoms. The number of hydrogen-bond donors (Lipinski definition) is 0. The van der Waals surface area contributed by atoms with Gasteiger partial charge in [-0.05, 0) is 32.1 Å². The first-order chi connectivity index (χ1) is 13.0. The highest BCUT2D eigenvalue weighted by molar-refractivity contribution is 7.99. The van der Waals surface area contributed by atoms with Gasteiger partial charge in [0.25, 0.3) is 0 Å². The van der Waals surface area contributed by atoms with Gasteiger partial charge in [-0.2, -0.15) is 0 Å². The monoisotopic (exact) mass is 391 g/mol. The van der Waals surface area contributed by atoms with Crippen molar-refractivity contribution in [3.05, 3.63) is 41.7 Å². The predicted molar refractivity (Wildman–Crippen MR) is 102 cm³/mol. The first-order valence-electron chi connectivity index (χ1n) is 8.40. The molecule has 0 saturated carbocycles. The molecule has 0 aromatic carbocycles. The molecule has 0 N–H and O–H groups in total. The second-order valence-corrected chi connectivity index (χ2v) is 6.18. The Morgan fingerprint density at radius 2 is 1.85 bits per heavy atom. The minimum atomic E-state index is -0.489. The lowest BCUT2D eigenvalue weighted by molar-refractivity contribution is -0.139. The first kappa shape index (κ1) is 20.6. The SMILES string of the molecule is CCOC(=O)/C=C/c1c(SCOC(C)=O)c(C(=O)OCC)c2ccccn12. The van der Waals surface area contributed by atoms with Gasteiger partial charge in [-0.25, -0.2) is 9.59 Å². The van der Waals surface area contributed by atoms with Crippen LogP contribution in [0.5, 0.6) is 0 Å². The molecule has 2 aromatic heterocycles. The number of pyridine rings is 1. The fraction of sp³-hybridized carbons (Fsp3) is 0.316. The third-order valence-electron chi connectivity index (χ3n) is 3.44. The number of thioether (sulfide) groups is 1. The van der Waals surface area contributed by atoms with Crippen LogP contribution in [0.2, 0.25) is 0 Å². The highest BCUT2D eigenvalue weighted by Gasteiger charge is 2.24. The number of carbonyl (C=O) groups is 3. The van der Waals surface area contributed by atoms with Crippen LogP contribution in [0.3, 0.4) is 0 Å². The van der Waals surface area contributed by atoms with Crippen LogP contribution < -0.4 is 0 Å². The van der Waals surface area contributed by atoms with Crippen molar-refractivity contribution in [3.63, 3.8) is 0 Å². The molecule has 0 fully saturated rings. The second-order valence-electron chi connectivity index (χ2n) is 5.25. The highest BCUT2D eigenvalue weighted by atomic mass is 32.2. The molecule has 2 aromatic rings. The van der Waals surface area contributed by atoms with Crippen molar-refractivity contribution in [3.8, 4) is 0 Å². The van der Waals surface area contributed by atoms with Gasteiger partial charge in [0.2, 0.25) is 0 Å². The van der Waals surface area contributed by atoms with Gasteiger partial charge in [-0.15, -0.1) is 0 Å². The number of aromatic nitrogens is 1. The number of fused-ring (bicyclic) bond motifs is 1. The molecule has 144 valence electrons. The number of ether oxygens (including phenoxy) is 3. The fourth-order valence-corrected chi connectivity index (χ4v) is 3.41. The zero-order valence-electron chi connectivity index (χ0n) is 15.4. The summed E-state index contributed by atoms with van der Waals surface area (Å²) in [5.41, 5.74) is 1.58. The van der Waals surface area contributed by atoms with Gasteiger partial charge < -0.3 is 18.6 Å². The summed E-state index contributed by atoms with van der Waals surface area (Å²) in [6.45, 7) is 5.25. The maximum absolute atomic E-state index is 12.6. The van der Waals surface area contributed by atoms with E-state index in [0.717, 1.165) is 0 Å². The Kier molecular flexibility index (Phi) is 7.48. The fourth-order valence-electron chi connectivity index (χ4n) is 2.42. The van der Waals surface area contributed by atoms with Crippen molar-refractivity contribution in [1.29, 1.82) is 0 Å². The lowest BCUT2D eigenvalue weighted by atomic mass is 10.2. The third-order valence-corrected chi connectivity index (χ3v) is 4.38. The van der Waals surface area contributed by atoms with Crippen LogP contribution in [0, 0.1) is 0 Å². The average Bonchev–Trinajstić information content (AvgIpc) is 2.93. The van der Waals surface area contributed by atoms with Gasteiger partial charge in [0.05, 0.1) is 34.9 Å². The van der Waals surface area contributed by atoms with E-state index in [0.29, 0.717) is 21.7 Å². The molecule has 0 aliphatic carbocycles. The van der Waals surface area contributed by atoms with Crippen molar-refractivity contribution in [2.24, 2.45) is 0 Å². The van der Waals surface area contributed by atoms with Gasteiger partial charge >= 0.3 is 17.9 Å². The molecule has 2 heterocycles. The van der Waals surface area contributed by atoms with Crippen LogP contribution in [-0.2, 0) is 23.8 Å². The molecule has 0 aliphatic heterocycles. The minimum Gasteiger partial charge on any atom is -0.463 e. The number of rotatable bonds is 8. The van der Waals surface area contributed by atoms with Crippen LogP contribution >= 0.6 is 11.8 Å². The first-order valence-corrected chi connectivity index (χ1v) is 9.39. The molecule has 0 bridgehead atoms. The molecule has 0 saturated heterocycles. The van der Waals surface area contributed by atoms with Crippen LogP contribution in [0.1, 0.15) is 36.8 Å². The topological polar surface area (TPSA) is 83.3 Å². The summed E-state index contributed by atoms with van der Waals surface area (Å²) in [4.78, 5) is 35.9. The molecule has 2 rings (SSSR count). The standard InChI is InChI=1S/C19H21NO6S/c1-4-24-16(22)10-9-15-18(27-12-26-13(3)21)17(19(23)25-5-2)14-8-6-7-11-20(14)15/h6-11H,4-5,12H2,1-3H3/b10-9+. The van der Waals surface area contributed by atoms with Crippen molar-refractivity contribution < 1.29 is 28.6 Å². The molecule has 8 heteroatoms. The molecule has 0 amide bonds. The molecular weight excluding hydrogens is 370 g/mol. The van der Waals surface area contributed by atoms with Crippen molar-refractivity contribution in [1.82, 2.24) is 4.40 Å². The predicted octanol–water partition coefficient (Wildman–Crippen LogP) is 3.31. The number of nitrogens with zero attached hydrogens (tertiary/aromatic N) is 1. The summed E-state index contributed by atoms with van der Waals surface area (Å²) < 4.78 is 16.9. The van der Waals surface area contributed by atoms with Gasteiger partial charge in [0.15, 0.2) is 0 Å². The van der Waals surface area contributed by atoms with Gasteiger partial charge in [0.1, 0.15) is 5.94 Å². The molecule has 0 unspecified atom stereocenters. The minimum absolute atomic E-state index is 0.0267. The number of esters is 3. The summed E-state index contributed by atoms with van der Waals surface area (Å²) in [7, 11) is 0. The Morgan fingerprint density at radius 3 is 2.52 bits per heavy atom. The van der Waals surface area contributed by atoms with Gasteiger partial charge in [0, 0.05) is 19.2 Å². The van der Waals surface area contributed by atoms with E-state index >= 15 is 0 Å². The lowest BCUT2D eigenvalue weighted by Crippen LogP contribution is -2.06. The normalized spacial score (nSPS) is 10.9. The Labute approximate surface area is 161 Å². The maximum atomic E-state index is 12.6. The average molecular weight is 391 g/mol. The lowest BCUT2D eigenvalue weighted by Gasteiger charge is -2.06. The van der Waals surface area contributed by atoms with E-state index in [1.165, 1.54) is 24.8 Å². The summed E-state index contributed by atoms with van der Waals surface area (Å²) in [5, 5.41) is 0. The maximum Gasteiger partial charge on any atom is 0.341 e. The Bertz CT molecular complexity index is 870. The van der Waals surface area contributed by atoms with E-state index < -0.39 is 17.9 Å². The van der Waals surface area contributed by atoms with Gasteiger partial charge in [-0.1, -0.05) is 17.8 Å². The Morgan fingerprint density at radius 1 is 1.11 bits per heavy atom. The van der Waals surface area contributed by atoms with Gasteiger partial charge in [-0.3, -0.25) is 4.79 Å². The Hall–Kier alpha value is -2.74. The van der Waals surface area contributed by atoms with E-state index in [9.17, 15) is 14.4 Å². The summed E-state index contributed by atoms with van der Waals surface area (Å²) in [6.07, 6.45) is 4.64. The molecular formula is C19H21NO6S. The quantitative estimate of drug-likeness (QED) is 0.224. The van der Waals surface area contributed by atoms with Crippen LogP contribution in [0.4, 0.5) is 0 Å². The summed E-state index contributed by atoms with van der Waals surface area (Å²) >= 11 is 1.18. The third kappa shape index (κ3) is 5.13. The Balaban J connectivity index is 2.56. The summed E-state index contributed by atoms with van der Waals surface area (Å²) in [6, 6.07) is 5.39. The van der Waals surface area contributed by atoms with Crippen molar-refractivity contribution >= 4 is 41.3 Å². The molecule has 0 radical (unpaired) electrons. The smallest absolute Gasteiger partial charge is 0.341 e. The molecule has 27 heavy (non-hydrogen) atoms. The van der Waals surface area contributed by atoms with E-state index in [1.807, 2.05) is 6.07 Å². The highest BCUT2D eigenvalue weighted by Crippen LogP contribution is 2.34. The van der Waals surface area contributed by atoms with Crippen LogP contribution in [0.25, 0.3) is 11.6 Å².